The summed E-state index contributed by atoms with van der Waals surface area (Å²) in [6.45, 7) is 9.77. The average molecular weight is 276 g/mol. The predicted octanol–water partition coefficient (Wildman–Crippen LogP) is 2.73. The van der Waals surface area contributed by atoms with Gasteiger partial charge in [0.25, 0.3) is 0 Å². The van der Waals surface area contributed by atoms with Crippen LogP contribution < -0.4 is 4.74 Å². The maximum Gasteiger partial charge on any atom is 0.136 e. The third kappa shape index (κ3) is 2.93. The fraction of sp³-hybridized carbons (Fsp3) is 0.400. The molecule has 2 N–H and O–H groups in total. The summed E-state index contributed by atoms with van der Waals surface area (Å²) in [7, 11) is 0. The molecule has 0 aliphatic carbocycles. The molecule has 0 radical (unpaired) electrons. The number of benzene rings is 1. The highest BCUT2D eigenvalue weighted by atomic mass is 16.5. The summed E-state index contributed by atoms with van der Waals surface area (Å²) in [5.74, 6) is 0.608. The van der Waals surface area contributed by atoms with Gasteiger partial charge in [-0.15, -0.1) is 0 Å². The molecule has 0 amide bonds. The van der Waals surface area contributed by atoms with E-state index < -0.39 is 5.60 Å². The normalized spacial score (nSPS) is 11.8. The van der Waals surface area contributed by atoms with E-state index in [1.54, 1.807) is 24.6 Å². The summed E-state index contributed by atoms with van der Waals surface area (Å²) in [6.07, 6.45) is 0. The van der Waals surface area contributed by atoms with Gasteiger partial charge >= 0.3 is 0 Å². The van der Waals surface area contributed by atoms with Gasteiger partial charge in [0, 0.05) is 18.0 Å². The molecule has 0 bridgehead atoms. The molecule has 2 rings (SSSR count). The molecule has 108 valence electrons. The maximum atomic E-state index is 9.68. The highest BCUT2D eigenvalue weighted by Crippen LogP contribution is 2.27. The topological polar surface area (TPSA) is 67.5 Å². The van der Waals surface area contributed by atoms with Crippen molar-refractivity contribution in [3.8, 4) is 5.75 Å². The Kier molecular flexibility index (Phi) is 3.72. The number of rotatable bonds is 5. The highest BCUT2D eigenvalue weighted by Gasteiger charge is 2.15. The highest BCUT2D eigenvalue weighted by molar-refractivity contribution is 5.89. The quantitative estimate of drug-likeness (QED) is 0.824. The second kappa shape index (κ2) is 5.17. The van der Waals surface area contributed by atoms with E-state index in [4.69, 9.17) is 4.74 Å². The summed E-state index contributed by atoms with van der Waals surface area (Å²) < 4.78 is 7.35. The Morgan fingerprint density at radius 1 is 1.45 bits per heavy atom. The van der Waals surface area contributed by atoms with Crippen molar-refractivity contribution in [2.24, 2.45) is 0 Å². The van der Waals surface area contributed by atoms with Crippen molar-refractivity contribution in [3.63, 3.8) is 0 Å². The van der Waals surface area contributed by atoms with Crippen LogP contribution in [0.1, 0.15) is 26.5 Å². The van der Waals surface area contributed by atoms with E-state index in [2.05, 4.69) is 11.7 Å². The second-order valence-electron chi connectivity index (χ2n) is 5.39. The SMILES string of the molecule is C=C(O)c1nn(CC)c2cc(OCC(C)(C)O)ccc12. The second-order valence-corrected chi connectivity index (χ2v) is 5.39. The van der Waals surface area contributed by atoms with E-state index in [1.807, 2.05) is 19.1 Å². The molecular formula is C15H20N2O3. The van der Waals surface area contributed by atoms with Crippen LogP contribution in [0.25, 0.3) is 16.7 Å². The van der Waals surface area contributed by atoms with Crippen molar-refractivity contribution in [1.82, 2.24) is 9.78 Å². The molecular weight excluding hydrogens is 256 g/mol. The van der Waals surface area contributed by atoms with Gasteiger partial charge in [-0.2, -0.15) is 5.10 Å². The molecule has 1 aromatic carbocycles. The lowest BCUT2D eigenvalue weighted by Crippen LogP contribution is -2.27. The molecule has 5 nitrogen and oxygen atoms in total. The first kappa shape index (κ1) is 14.4. The Morgan fingerprint density at radius 2 is 2.15 bits per heavy atom. The Hall–Kier alpha value is -2.01. The summed E-state index contributed by atoms with van der Waals surface area (Å²) >= 11 is 0. The average Bonchev–Trinajstić information content (AvgIpc) is 2.73. The van der Waals surface area contributed by atoms with E-state index in [1.165, 1.54) is 0 Å². The Bertz CT molecular complexity index is 638. The maximum absolute atomic E-state index is 9.68. The number of nitrogens with zero attached hydrogens (tertiary/aromatic N) is 2. The molecule has 0 fully saturated rings. The van der Waals surface area contributed by atoms with E-state index >= 15 is 0 Å². The van der Waals surface area contributed by atoms with Crippen LogP contribution in [0.2, 0.25) is 0 Å². The van der Waals surface area contributed by atoms with Crippen molar-refractivity contribution in [1.29, 1.82) is 0 Å². The van der Waals surface area contributed by atoms with Crippen molar-refractivity contribution >= 4 is 16.7 Å². The third-order valence-corrected chi connectivity index (χ3v) is 2.89. The van der Waals surface area contributed by atoms with Crippen LogP contribution >= 0.6 is 0 Å². The van der Waals surface area contributed by atoms with Gasteiger partial charge in [0.05, 0.1) is 11.1 Å². The Morgan fingerprint density at radius 3 is 2.70 bits per heavy atom. The van der Waals surface area contributed by atoms with Crippen molar-refractivity contribution < 1.29 is 14.9 Å². The fourth-order valence-electron chi connectivity index (χ4n) is 1.96. The molecule has 20 heavy (non-hydrogen) atoms. The largest absolute Gasteiger partial charge is 0.506 e. The summed E-state index contributed by atoms with van der Waals surface area (Å²) in [6, 6.07) is 5.48. The first-order chi connectivity index (χ1) is 9.31. The predicted molar refractivity (Wildman–Crippen MR) is 78.9 cm³/mol. The smallest absolute Gasteiger partial charge is 0.136 e. The van der Waals surface area contributed by atoms with Gasteiger partial charge in [-0.25, -0.2) is 0 Å². The molecule has 0 saturated heterocycles. The van der Waals surface area contributed by atoms with Gasteiger partial charge in [-0.1, -0.05) is 6.58 Å². The summed E-state index contributed by atoms with van der Waals surface area (Å²) in [5.41, 5.74) is 0.464. The fourth-order valence-corrected chi connectivity index (χ4v) is 1.96. The number of fused-ring (bicyclic) bond motifs is 1. The number of aryl methyl sites for hydroxylation is 1. The van der Waals surface area contributed by atoms with E-state index in [9.17, 15) is 10.2 Å². The zero-order chi connectivity index (χ0) is 14.9. The number of hydrogen-bond acceptors (Lipinski definition) is 4. The van der Waals surface area contributed by atoms with Crippen LogP contribution in [0, 0.1) is 0 Å². The van der Waals surface area contributed by atoms with Gasteiger partial charge in [0.15, 0.2) is 0 Å². The molecule has 0 saturated carbocycles. The van der Waals surface area contributed by atoms with Crippen molar-refractivity contribution in [2.75, 3.05) is 6.61 Å². The molecule has 0 aliphatic rings. The monoisotopic (exact) mass is 276 g/mol. The number of hydrogen-bond donors (Lipinski definition) is 2. The number of ether oxygens (including phenoxy) is 1. The summed E-state index contributed by atoms with van der Waals surface area (Å²) in [5, 5.41) is 24.4. The van der Waals surface area contributed by atoms with E-state index in [0.717, 1.165) is 10.9 Å². The third-order valence-electron chi connectivity index (χ3n) is 2.89. The van der Waals surface area contributed by atoms with E-state index in [0.29, 0.717) is 18.0 Å². The van der Waals surface area contributed by atoms with Crippen LogP contribution in [-0.4, -0.2) is 32.2 Å². The molecule has 1 heterocycles. The van der Waals surface area contributed by atoms with Gasteiger partial charge in [-0.05, 0) is 32.9 Å². The first-order valence-electron chi connectivity index (χ1n) is 6.56. The molecule has 5 heteroatoms. The van der Waals surface area contributed by atoms with Crippen LogP contribution in [0.4, 0.5) is 0 Å². The molecule has 1 aromatic heterocycles. The van der Waals surface area contributed by atoms with Gasteiger partial charge < -0.3 is 14.9 Å². The molecule has 0 atom stereocenters. The van der Waals surface area contributed by atoms with Gasteiger partial charge in [0.2, 0.25) is 0 Å². The van der Waals surface area contributed by atoms with Crippen LogP contribution in [0.3, 0.4) is 0 Å². The van der Waals surface area contributed by atoms with Crippen molar-refractivity contribution in [2.45, 2.75) is 32.9 Å². The Balaban J connectivity index is 2.40. The van der Waals surface area contributed by atoms with Crippen LogP contribution in [-0.2, 0) is 6.54 Å². The lowest BCUT2D eigenvalue weighted by molar-refractivity contribution is 0.0285. The molecule has 0 aliphatic heterocycles. The van der Waals surface area contributed by atoms with Gasteiger partial charge in [0.1, 0.15) is 23.8 Å². The van der Waals surface area contributed by atoms with Crippen molar-refractivity contribution in [3.05, 3.63) is 30.5 Å². The number of aliphatic hydroxyl groups is 2. The Labute approximate surface area is 118 Å². The van der Waals surface area contributed by atoms with Crippen LogP contribution in [0.15, 0.2) is 24.8 Å². The molecule has 0 spiro atoms. The molecule has 0 unspecified atom stereocenters. The zero-order valence-corrected chi connectivity index (χ0v) is 12.1. The van der Waals surface area contributed by atoms with Gasteiger partial charge in [-0.3, -0.25) is 4.68 Å². The van der Waals surface area contributed by atoms with Crippen LogP contribution in [0.5, 0.6) is 5.75 Å². The van der Waals surface area contributed by atoms with E-state index in [-0.39, 0.29) is 12.4 Å². The first-order valence-corrected chi connectivity index (χ1v) is 6.56. The number of aromatic nitrogens is 2. The number of aliphatic hydroxyl groups excluding tert-OH is 1. The molecule has 2 aromatic rings. The zero-order valence-electron chi connectivity index (χ0n) is 12.1. The lowest BCUT2D eigenvalue weighted by atomic mass is 10.1. The lowest BCUT2D eigenvalue weighted by Gasteiger charge is -2.17. The summed E-state index contributed by atoms with van der Waals surface area (Å²) in [4.78, 5) is 0. The minimum atomic E-state index is -0.884. The minimum Gasteiger partial charge on any atom is -0.506 e. The standard InChI is InChI=1S/C15H20N2O3/c1-5-17-13-8-11(20-9-15(3,4)19)6-7-12(13)14(16-17)10(2)18/h6-8,18-19H,2,5,9H2,1,3-4H3. The minimum absolute atomic E-state index is 0.0487.